The smallest absolute Gasteiger partial charge is 0.328 e. The van der Waals surface area contributed by atoms with Crippen molar-refractivity contribution in [2.24, 2.45) is 11.3 Å². The first-order chi connectivity index (χ1) is 20.5. The fourth-order valence-corrected chi connectivity index (χ4v) is 3.25. The van der Waals surface area contributed by atoms with Crippen molar-refractivity contribution in [1.82, 2.24) is 10.6 Å². The molecule has 0 spiro atoms. The molecule has 0 heterocycles. The van der Waals surface area contributed by atoms with Crippen LogP contribution in [0.25, 0.3) is 0 Å². The number of carbonyl (C=O) groups excluding carboxylic acids is 5. The average Bonchev–Trinajstić information content (AvgIpc) is 2.91. The van der Waals surface area contributed by atoms with E-state index in [1.54, 1.807) is 65.8 Å². The standard InChI is InChI=1S/C19H27NO4.C12H15NO3.C5H12.ClH/c1-12-7-9-15(10-8-12)17(22)20-14(3)16(21)11-13(2)18(23)24-19(4,5)6;1-8-4-6-10(7-5-8)11(14)13-9(2)12(15)16-3;1-5(2,3)4;/h7-10,13-14H,11H2,1-6H3,(H,20,22);4-7,9H,1-3H3,(H,13,14);1-4H3;1H/t13-,14+;9-;;/m10../s1. The number of amides is 2. The molecular formula is C36H55ClN2O7. The molecule has 0 saturated heterocycles. The molecule has 46 heavy (non-hydrogen) atoms. The lowest BCUT2D eigenvalue weighted by molar-refractivity contribution is -0.160. The Kier molecular flexibility index (Phi) is 19.7. The molecule has 0 aliphatic rings. The molecular weight excluding hydrogens is 608 g/mol. The zero-order valence-corrected chi connectivity index (χ0v) is 30.6. The maximum absolute atomic E-state index is 12.2. The van der Waals surface area contributed by atoms with E-state index in [4.69, 9.17) is 4.74 Å². The summed E-state index contributed by atoms with van der Waals surface area (Å²) in [5.41, 5.74) is 3.08. The normalized spacial score (nSPS) is 12.5. The predicted octanol–water partition coefficient (Wildman–Crippen LogP) is 6.81. The van der Waals surface area contributed by atoms with Gasteiger partial charge in [-0.15, -0.1) is 12.4 Å². The number of hydrogen-bond acceptors (Lipinski definition) is 7. The summed E-state index contributed by atoms with van der Waals surface area (Å²) < 4.78 is 9.78. The molecule has 2 amide bonds. The second-order valence-corrected chi connectivity index (χ2v) is 13.8. The van der Waals surface area contributed by atoms with E-state index in [0.29, 0.717) is 16.5 Å². The maximum Gasteiger partial charge on any atom is 0.328 e. The third kappa shape index (κ3) is 20.3. The number of nitrogens with one attached hydrogen (secondary N) is 2. The number of ketones is 1. The largest absolute Gasteiger partial charge is 0.467 e. The molecule has 258 valence electrons. The van der Waals surface area contributed by atoms with E-state index in [2.05, 4.69) is 43.1 Å². The summed E-state index contributed by atoms with van der Waals surface area (Å²) in [5, 5.41) is 5.22. The van der Waals surface area contributed by atoms with Gasteiger partial charge in [-0.2, -0.15) is 0 Å². The Morgan fingerprint density at radius 3 is 1.33 bits per heavy atom. The highest BCUT2D eigenvalue weighted by Crippen LogP contribution is 2.15. The summed E-state index contributed by atoms with van der Waals surface area (Å²) in [5.74, 6) is -2.20. The summed E-state index contributed by atoms with van der Waals surface area (Å²) in [6.45, 7) is 22.8. The summed E-state index contributed by atoms with van der Waals surface area (Å²) in [6, 6.07) is 12.9. The van der Waals surface area contributed by atoms with Gasteiger partial charge in [0.25, 0.3) is 11.8 Å². The van der Waals surface area contributed by atoms with Crippen LogP contribution in [0.5, 0.6) is 0 Å². The summed E-state index contributed by atoms with van der Waals surface area (Å²) in [7, 11) is 1.29. The van der Waals surface area contributed by atoms with Gasteiger partial charge in [0.05, 0.1) is 19.1 Å². The zero-order valence-electron chi connectivity index (χ0n) is 29.8. The van der Waals surface area contributed by atoms with Gasteiger partial charge >= 0.3 is 11.9 Å². The summed E-state index contributed by atoms with van der Waals surface area (Å²) in [6.07, 6.45) is 0.0320. The van der Waals surface area contributed by atoms with Gasteiger partial charge in [0.15, 0.2) is 5.78 Å². The van der Waals surface area contributed by atoms with E-state index in [9.17, 15) is 24.0 Å². The number of rotatable bonds is 9. The number of esters is 2. The van der Waals surface area contributed by atoms with E-state index < -0.39 is 35.5 Å². The average molecular weight is 663 g/mol. The van der Waals surface area contributed by atoms with Crippen LogP contribution in [-0.2, 0) is 23.9 Å². The molecule has 0 aliphatic carbocycles. The van der Waals surface area contributed by atoms with E-state index >= 15 is 0 Å². The van der Waals surface area contributed by atoms with Crippen molar-refractivity contribution in [2.75, 3.05) is 7.11 Å². The quantitative estimate of drug-likeness (QED) is 0.282. The fraction of sp³-hybridized carbons (Fsp3) is 0.528. The van der Waals surface area contributed by atoms with Crippen molar-refractivity contribution in [3.8, 4) is 0 Å². The SMILES string of the molecule is CC(C)(C)C.COC(=O)[C@H](C)NC(=O)c1ccc(C)cc1.Cc1ccc(C(=O)N[C@@H](C)C(=O)C[C@@H](C)C(=O)OC(C)(C)C)cc1.Cl. The number of aryl methyl sites for hydroxylation is 2. The molecule has 0 unspecified atom stereocenters. The van der Waals surface area contributed by atoms with Crippen LogP contribution in [-0.4, -0.2) is 54.3 Å². The lowest BCUT2D eigenvalue weighted by Gasteiger charge is -2.22. The molecule has 2 rings (SSSR count). The number of ether oxygens (including phenoxy) is 2. The van der Waals surface area contributed by atoms with Crippen molar-refractivity contribution in [2.45, 2.75) is 107 Å². The lowest BCUT2D eigenvalue weighted by atomic mass is 10.0. The van der Waals surface area contributed by atoms with Crippen LogP contribution < -0.4 is 10.6 Å². The van der Waals surface area contributed by atoms with Crippen LogP contribution in [0.1, 0.15) is 108 Å². The van der Waals surface area contributed by atoms with Crippen LogP contribution in [0, 0.1) is 25.2 Å². The Bertz CT molecular complexity index is 1260. The highest BCUT2D eigenvalue weighted by Gasteiger charge is 2.26. The van der Waals surface area contributed by atoms with Gasteiger partial charge in [-0.25, -0.2) is 4.79 Å². The van der Waals surface area contributed by atoms with E-state index in [0.717, 1.165) is 11.1 Å². The number of methoxy groups -OCH3 is 1. The molecule has 0 bridgehead atoms. The Hall–Kier alpha value is -3.72. The third-order valence-corrected chi connectivity index (χ3v) is 5.68. The summed E-state index contributed by atoms with van der Waals surface area (Å²) >= 11 is 0. The minimum atomic E-state index is -0.663. The molecule has 0 aliphatic heterocycles. The second-order valence-electron chi connectivity index (χ2n) is 13.8. The predicted molar refractivity (Wildman–Crippen MR) is 185 cm³/mol. The minimum absolute atomic E-state index is 0. The Labute approximate surface area is 282 Å². The van der Waals surface area contributed by atoms with Gasteiger partial charge in [0.2, 0.25) is 0 Å². The minimum Gasteiger partial charge on any atom is -0.467 e. The first-order valence-electron chi connectivity index (χ1n) is 15.1. The molecule has 2 aromatic rings. The molecule has 2 aromatic carbocycles. The highest BCUT2D eigenvalue weighted by atomic mass is 35.5. The molecule has 2 N–H and O–H groups in total. The van der Waals surface area contributed by atoms with Crippen LogP contribution in [0.15, 0.2) is 48.5 Å². The molecule has 0 fully saturated rings. The fourth-order valence-electron chi connectivity index (χ4n) is 3.25. The van der Waals surface area contributed by atoms with Crippen LogP contribution in [0.2, 0.25) is 0 Å². The van der Waals surface area contributed by atoms with Crippen LogP contribution in [0.3, 0.4) is 0 Å². The zero-order chi connectivity index (χ0) is 35.1. The highest BCUT2D eigenvalue weighted by molar-refractivity contribution is 5.98. The number of carbonyl (C=O) groups is 5. The van der Waals surface area contributed by atoms with Gasteiger partial charge in [0.1, 0.15) is 11.6 Å². The first kappa shape index (κ1) is 44.4. The Morgan fingerprint density at radius 1 is 0.652 bits per heavy atom. The molecule has 0 radical (unpaired) electrons. The number of Topliss-reactive ketones (excluding diaryl/α,β-unsaturated/α-hetero) is 1. The van der Waals surface area contributed by atoms with E-state index in [-0.39, 0.29) is 36.4 Å². The van der Waals surface area contributed by atoms with Gasteiger partial charge in [0, 0.05) is 17.5 Å². The Balaban J connectivity index is 0. The first-order valence-corrected chi connectivity index (χ1v) is 15.1. The molecule has 3 atom stereocenters. The lowest BCUT2D eigenvalue weighted by Crippen LogP contribution is -2.40. The molecule has 9 nitrogen and oxygen atoms in total. The summed E-state index contributed by atoms with van der Waals surface area (Å²) in [4.78, 5) is 59.0. The molecule has 0 aromatic heterocycles. The van der Waals surface area contributed by atoms with Crippen molar-refractivity contribution in [3.63, 3.8) is 0 Å². The topological polar surface area (TPSA) is 128 Å². The number of halogens is 1. The van der Waals surface area contributed by atoms with Crippen molar-refractivity contribution in [1.29, 1.82) is 0 Å². The molecule has 10 heteroatoms. The molecule has 0 saturated carbocycles. The van der Waals surface area contributed by atoms with Crippen molar-refractivity contribution >= 4 is 41.9 Å². The van der Waals surface area contributed by atoms with Gasteiger partial charge < -0.3 is 20.1 Å². The van der Waals surface area contributed by atoms with Gasteiger partial charge in [-0.3, -0.25) is 19.2 Å². The maximum atomic E-state index is 12.2. The van der Waals surface area contributed by atoms with Gasteiger partial charge in [-0.1, -0.05) is 70.0 Å². The van der Waals surface area contributed by atoms with E-state index in [1.165, 1.54) is 7.11 Å². The third-order valence-electron chi connectivity index (χ3n) is 5.68. The van der Waals surface area contributed by atoms with Crippen molar-refractivity contribution < 1.29 is 33.4 Å². The van der Waals surface area contributed by atoms with Crippen LogP contribution >= 0.6 is 12.4 Å². The Morgan fingerprint density at radius 2 is 1.00 bits per heavy atom. The number of benzene rings is 2. The van der Waals surface area contributed by atoms with Crippen LogP contribution in [0.4, 0.5) is 0 Å². The van der Waals surface area contributed by atoms with E-state index in [1.807, 2.05) is 38.1 Å². The number of hydrogen-bond donors (Lipinski definition) is 2. The van der Waals surface area contributed by atoms with Gasteiger partial charge in [-0.05, 0) is 78.1 Å². The van der Waals surface area contributed by atoms with Crippen molar-refractivity contribution in [3.05, 3.63) is 70.8 Å². The second kappa shape index (κ2) is 20.4. The monoisotopic (exact) mass is 662 g/mol.